The van der Waals surface area contributed by atoms with Gasteiger partial charge in [0, 0.05) is 37.6 Å². The minimum atomic E-state index is -0.628. The topological polar surface area (TPSA) is 77.6 Å². The fraction of sp³-hybridized carbons (Fsp3) is 0.409. The molecular weight excluding hydrogens is 366 g/mol. The third-order valence-electron chi connectivity index (χ3n) is 5.06. The van der Waals surface area contributed by atoms with Crippen LogP contribution in [0.3, 0.4) is 0 Å². The molecule has 2 heterocycles. The third kappa shape index (κ3) is 5.47. The summed E-state index contributed by atoms with van der Waals surface area (Å²) in [5, 5.41) is 5.71. The van der Waals surface area contributed by atoms with Gasteiger partial charge in [-0.2, -0.15) is 0 Å². The molecule has 0 spiro atoms. The van der Waals surface area contributed by atoms with Crippen LogP contribution in [0.5, 0.6) is 0 Å². The summed E-state index contributed by atoms with van der Waals surface area (Å²) < 4.78 is 0. The van der Waals surface area contributed by atoms with Crippen molar-refractivity contribution in [2.45, 2.75) is 26.8 Å². The van der Waals surface area contributed by atoms with Crippen molar-refractivity contribution >= 4 is 23.4 Å². The summed E-state index contributed by atoms with van der Waals surface area (Å²) in [6.45, 7) is 8.47. The quantitative estimate of drug-likeness (QED) is 0.816. The average molecular weight is 396 g/mol. The van der Waals surface area contributed by atoms with Gasteiger partial charge in [0.15, 0.2) is 0 Å². The van der Waals surface area contributed by atoms with Gasteiger partial charge in [-0.3, -0.25) is 4.79 Å². The van der Waals surface area contributed by atoms with Gasteiger partial charge in [0.05, 0.1) is 0 Å². The molecule has 3 rings (SSSR count). The molecule has 29 heavy (non-hydrogen) atoms. The molecule has 0 saturated carbocycles. The normalized spacial score (nSPS) is 15.2. The first-order valence-corrected chi connectivity index (χ1v) is 10.0. The number of para-hydroxylation sites is 1. The average Bonchev–Trinajstić information content (AvgIpc) is 2.72. The van der Waals surface area contributed by atoms with Crippen LogP contribution in [0.15, 0.2) is 48.5 Å². The van der Waals surface area contributed by atoms with Crippen LogP contribution >= 0.6 is 0 Å². The zero-order valence-corrected chi connectivity index (χ0v) is 17.3. The molecule has 1 aromatic heterocycles. The van der Waals surface area contributed by atoms with Gasteiger partial charge >= 0.3 is 6.03 Å². The van der Waals surface area contributed by atoms with Crippen LogP contribution in [0.1, 0.15) is 19.5 Å². The van der Waals surface area contributed by atoms with Crippen LogP contribution in [-0.4, -0.2) is 54.0 Å². The van der Waals surface area contributed by atoms with E-state index in [2.05, 4.69) is 32.7 Å². The number of anilines is 2. The van der Waals surface area contributed by atoms with Crippen molar-refractivity contribution in [3.8, 4) is 0 Å². The molecule has 0 radical (unpaired) electrons. The molecule has 1 aliphatic heterocycles. The van der Waals surface area contributed by atoms with Crippen molar-refractivity contribution in [3.05, 3.63) is 54.2 Å². The van der Waals surface area contributed by atoms with Crippen molar-refractivity contribution in [2.75, 3.05) is 36.4 Å². The molecule has 1 aromatic carbocycles. The lowest BCUT2D eigenvalue weighted by Gasteiger charge is -2.37. The molecule has 3 amide bonds. The number of rotatable bonds is 5. The second-order valence-corrected chi connectivity index (χ2v) is 7.63. The van der Waals surface area contributed by atoms with Crippen molar-refractivity contribution < 1.29 is 9.59 Å². The van der Waals surface area contributed by atoms with Crippen molar-refractivity contribution in [1.82, 2.24) is 15.2 Å². The van der Waals surface area contributed by atoms with Crippen LogP contribution in [0, 0.1) is 12.8 Å². The Morgan fingerprint density at radius 3 is 2.28 bits per heavy atom. The number of hydrogen-bond acceptors (Lipinski definition) is 4. The summed E-state index contributed by atoms with van der Waals surface area (Å²) in [7, 11) is 0. The number of urea groups is 1. The molecule has 1 atom stereocenters. The van der Waals surface area contributed by atoms with E-state index in [9.17, 15) is 9.59 Å². The lowest BCUT2D eigenvalue weighted by molar-refractivity contribution is -0.118. The predicted octanol–water partition coefficient (Wildman–Crippen LogP) is 2.88. The van der Waals surface area contributed by atoms with E-state index in [4.69, 9.17) is 0 Å². The second-order valence-electron chi connectivity index (χ2n) is 7.63. The molecule has 0 unspecified atom stereocenters. The maximum Gasteiger partial charge on any atom is 0.318 e. The monoisotopic (exact) mass is 395 g/mol. The lowest BCUT2D eigenvalue weighted by Crippen LogP contribution is -2.56. The van der Waals surface area contributed by atoms with E-state index in [0.717, 1.165) is 24.5 Å². The highest BCUT2D eigenvalue weighted by Crippen LogP contribution is 2.16. The van der Waals surface area contributed by atoms with Gasteiger partial charge in [0.25, 0.3) is 0 Å². The van der Waals surface area contributed by atoms with Gasteiger partial charge in [0.1, 0.15) is 11.9 Å². The molecule has 154 valence electrons. The first kappa shape index (κ1) is 20.6. The Kier molecular flexibility index (Phi) is 6.69. The van der Waals surface area contributed by atoms with Crippen LogP contribution in [0.2, 0.25) is 0 Å². The Morgan fingerprint density at radius 2 is 1.66 bits per heavy atom. The molecule has 7 nitrogen and oxygen atoms in total. The van der Waals surface area contributed by atoms with E-state index in [1.165, 1.54) is 0 Å². The summed E-state index contributed by atoms with van der Waals surface area (Å²) >= 11 is 0. The van der Waals surface area contributed by atoms with E-state index in [1.54, 1.807) is 11.0 Å². The third-order valence-corrected chi connectivity index (χ3v) is 5.06. The summed E-state index contributed by atoms with van der Waals surface area (Å²) in [6, 6.07) is 14.8. The number of benzene rings is 1. The number of hydrogen-bond donors (Lipinski definition) is 2. The molecule has 0 bridgehead atoms. The zero-order chi connectivity index (χ0) is 20.8. The minimum absolute atomic E-state index is 0.0469. The van der Waals surface area contributed by atoms with Crippen LogP contribution in [0.4, 0.5) is 16.3 Å². The zero-order valence-electron chi connectivity index (χ0n) is 17.3. The van der Waals surface area contributed by atoms with E-state index < -0.39 is 6.04 Å². The number of aromatic nitrogens is 1. The molecule has 1 aliphatic rings. The van der Waals surface area contributed by atoms with Gasteiger partial charge in [-0.05, 0) is 37.1 Å². The Morgan fingerprint density at radius 1 is 0.966 bits per heavy atom. The van der Waals surface area contributed by atoms with E-state index in [-0.39, 0.29) is 17.9 Å². The summed E-state index contributed by atoms with van der Waals surface area (Å²) in [5.41, 5.74) is 1.99. The molecule has 1 fully saturated rings. The Hall–Kier alpha value is -3.09. The number of nitrogens with zero attached hydrogens (tertiary/aromatic N) is 3. The number of carbonyl (C=O) groups excluding carboxylic acids is 2. The van der Waals surface area contributed by atoms with E-state index >= 15 is 0 Å². The Balaban J connectivity index is 1.56. The number of amides is 3. The molecule has 2 N–H and O–H groups in total. The summed E-state index contributed by atoms with van der Waals surface area (Å²) in [5.74, 6) is 0.190. The Bertz CT molecular complexity index is 832. The van der Waals surface area contributed by atoms with E-state index in [0.29, 0.717) is 18.9 Å². The van der Waals surface area contributed by atoms with Crippen molar-refractivity contribution in [1.29, 1.82) is 0 Å². The highest BCUT2D eigenvalue weighted by atomic mass is 16.2. The highest BCUT2D eigenvalue weighted by molar-refractivity contribution is 5.96. The maximum atomic E-state index is 12.8. The minimum Gasteiger partial charge on any atom is -0.368 e. The Labute approximate surface area is 172 Å². The number of carbonyl (C=O) groups is 2. The first-order valence-electron chi connectivity index (χ1n) is 10.0. The van der Waals surface area contributed by atoms with E-state index in [1.807, 2.05) is 51.1 Å². The number of nitrogens with one attached hydrogen (secondary N) is 2. The molecule has 1 saturated heterocycles. The van der Waals surface area contributed by atoms with Crippen molar-refractivity contribution in [2.24, 2.45) is 5.92 Å². The van der Waals surface area contributed by atoms with Gasteiger partial charge in [-0.1, -0.05) is 38.1 Å². The molecule has 2 aromatic rings. The predicted molar refractivity (Wildman–Crippen MR) is 115 cm³/mol. The van der Waals surface area contributed by atoms with Gasteiger partial charge < -0.3 is 20.4 Å². The second kappa shape index (κ2) is 9.41. The number of aryl methyl sites for hydroxylation is 1. The fourth-order valence-corrected chi connectivity index (χ4v) is 3.38. The largest absolute Gasteiger partial charge is 0.368 e. The lowest BCUT2D eigenvalue weighted by atomic mass is 10.0. The first-order chi connectivity index (χ1) is 13.9. The molecular formula is C22H29N5O2. The van der Waals surface area contributed by atoms with Crippen LogP contribution < -0.4 is 15.5 Å². The van der Waals surface area contributed by atoms with Crippen LogP contribution in [-0.2, 0) is 4.79 Å². The highest BCUT2D eigenvalue weighted by Gasteiger charge is 2.28. The van der Waals surface area contributed by atoms with Crippen LogP contribution in [0.25, 0.3) is 0 Å². The number of piperazine rings is 1. The van der Waals surface area contributed by atoms with Crippen molar-refractivity contribution in [3.63, 3.8) is 0 Å². The smallest absolute Gasteiger partial charge is 0.318 e. The molecule has 7 heteroatoms. The fourth-order valence-electron chi connectivity index (χ4n) is 3.38. The summed E-state index contributed by atoms with van der Waals surface area (Å²) in [6.07, 6.45) is 0. The van der Waals surface area contributed by atoms with Gasteiger partial charge in [0.2, 0.25) is 5.91 Å². The van der Waals surface area contributed by atoms with Gasteiger partial charge in [-0.25, -0.2) is 9.78 Å². The van der Waals surface area contributed by atoms with Gasteiger partial charge in [-0.15, -0.1) is 0 Å². The summed E-state index contributed by atoms with van der Waals surface area (Å²) in [4.78, 5) is 33.8. The molecule has 0 aliphatic carbocycles. The maximum absolute atomic E-state index is 12.8. The SMILES string of the molecule is Cc1cccc(NC(=O)[C@@H](NC(=O)N2CCN(c3ccccc3)CC2)C(C)C)n1. The number of pyridine rings is 1. The standard InChI is InChI=1S/C22H29N5O2/c1-16(2)20(21(28)24-19-11-7-8-17(3)23-19)25-22(29)27-14-12-26(13-15-27)18-9-5-4-6-10-18/h4-11,16,20H,12-15H2,1-3H3,(H,25,29)(H,23,24,28)/t20-/m0/s1.